The maximum atomic E-state index is 18.2. The molecule has 14 nitrogen and oxygen atoms in total. The number of ether oxygens (including phenoxy) is 5. The average Bonchev–Trinajstić information content (AvgIpc) is 3.59. The van der Waals surface area contributed by atoms with Crippen LogP contribution in [-0.2, 0) is 25.8 Å². The number of pyridine rings is 1. The van der Waals surface area contributed by atoms with Crippen LogP contribution in [0.5, 0.6) is 29.0 Å². The van der Waals surface area contributed by atoms with Gasteiger partial charge in [0.05, 0.1) is 61.1 Å². The molecule has 5 heterocycles. The van der Waals surface area contributed by atoms with E-state index in [9.17, 15) is 4.39 Å². The number of aryl methyl sites for hydroxylation is 1. The molecule has 1 saturated heterocycles. The third-order valence-corrected chi connectivity index (χ3v) is 13.6. The Balaban J connectivity index is 1.19. The zero-order chi connectivity index (χ0) is 51.6. The SMILES string of the molecule is COc1ccc(CNc2ncncc2[C@@H](C)N2CCOc3c(Cl)c(-c4nc(N(Cc5ccc(OC)cc5)Cc5ccc(OC)cc5)cc(C)c4C(F)(F)F)c(F)c4nc(OC[C@@H]5C[C@@H](F)CN5C)nc2c34)cc1. The van der Waals surface area contributed by atoms with E-state index in [1.807, 2.05) is 65.3 Å². The van der Waals surface area contributed by atoms with E-state index in [1.165, 1.54) is 19.3 Å². The molecule has 0 aliphatic carbocycles. The summed E-state index contributed by atoms with van der Waals surface area (Å²) in [6, 6.07) is 22.1. The smallest absolute Gasteiger partial charge is 0.418 e. The van der Waals surface area contributed by atoms with Gasteiger partial charge in [-0.25, -0.2) is 23.7 Å². The third-order valence-electron chi connectivity index (χ3n) is 13.2. The second-order valence-corrected chi connectivity index (χ2v) is 18.3. The van der Waals surface area contributed by atoms with Gasteiger partial charge in [0.25, 0.3) is 0 Å². The molecule has 0 unspecified atom stereocenters. The highest BCUT2D eigenvalue weighted by Gasteiger charge is 2.41. The number of alkyl halides is 4. The van der Waals surface area contributed by atoms with E-state index in [-0.39, 0.29) is 86.2 Å². The van der Waals surface area contributed by atoms with Gasteiger partial charge in [0.1, 0.15) is 65.9 Å². The molecular weight excluding hydrogens is 973 g/mol. The highest BCUT2D eigenvalue weighted by molar-refractivity contribution is 6.36. The summed E-state index contributed by atoms with van der Waals surface area (Å²) < 4.78 is 108. The van der Waals surface area contributed by atoms with Gasteiger partial charge in [0.2, 0.25) is 0 Å². The number of halogens is 6. The van der Waals surface area contributed by atoms with Gasteiger partial charge in [-0.15, -0.1) is 0 Å². The van der Waals surface area contributed by atoms with Gasteiger partial charge in [-0.05, 0) is 92.0 Å². The largest absolute Gasteiger partial charge is 0.497 e. The molecule has 7 aromatic rings. The molecule has 0 spiro atoms. The van der Waals surface area contributed by atoms with E-state index in [0.29, 0.717) is 35.2 Å². The Morgan fingerprint density at radius 3 is 2.08 bits per heavy atom. The molecular formula is C53H53ClF5N9O5. The monoisotopic (exact) mass is 1030 g/mol. The standard InChI is InChI=1S/C53H53ClF5N9O5/c1-30-21-41(67(25-33-9-15-38(70-5)16-10-33)26-34-11-17-39(71-6)18-12-34)63-47(44(30)53(57,58)59)42-45(54)49-43-48(46(42)56)64-52(73-28-36-22-35(55)27-66(36)3)65-51(43)68(19-20-72-49)31(2)40-24-60-29-62-50(40)61-23-32-7-13-37(69-4)14-8-32/h7-18,21,24,29,31,35-36H,19-20,22-23,25-28H2,1-6H3,(H,60,61,62)/t31-,35-,36+/m1/s1. The molecule has 0 amide bonds. The first kappa shape index (κ1) is 50.7. The Hall–Kier alpha value is -7.25. The topological polar surface area (TPSA) is 132 Å². The van der Waals surface area contributed by atoms with Crippen LogP contribution in [0.1, 0.15) is 52.8 Å². The number of nitrogens with one attached hydrogen (secondary N) is 1. The van der Waals surface area contributed by atoms with Crippen molar-refractivity contribution < 1.29 is 45.6 Å². The number of anilines is 3. The first-order valence-corrected chi connectivity index (χ1v) is 23.9. The van der Waals surface area contributed by atoms with Crippen molar-refractivity contribution in [2.45, 2.75) is 64.3 Å². The number of benzene rings is 4. The van der Waals surface area contributed by atoms with Crippen molar-refractivity contribution in [2.24, 2.45) is 0 Å². The van der Waals surface area contributed by atoms with Crippen LogP contribution in [0.3, 0.4) is 0 Å². The van der Waals surface area contributed by atoms with Crippen molar-refractivity contribution in [3.05, 3.63) is 136 Å². The van der Waals surface area contributed by atoms with Gasteiger partial charge >= 0.3 is 12.2 Å². The number of likely N-dealkylation sites (N-methyl/N-ethyl adjacent to an activating group) is 1. The van der Waals surface area contributed by atoms with Crippen LogP contribution in [0.4, 0.5) is 39.4 Å². The van der Waals surface area contributed by atoms with Crippen LogP contribution < -0.4 is 38.8 Å². The van der Waals surface area contributed by atoms with E-state index in [4.69, 9.17) is 40.3 Å². The van der Waals surface area contributed by atoms with Crippen LogP contribution in [0.15, 0.2) is 91.4 Å². The Morgan fingerprint density at radius 1 is 0.890 bits per heavy atom. The molecule has 73 heavy (non-hydrogen) atoms. The predicted octanol–water partition coefficient (Wildman–Crippen LogP) is 10.8. The number of rotatable bonds is 17. The molecule has 20 heteroatoms. The molecule has 3 atom stereocenters. The van der Waals surface area contributed by atoms with Gasteiger partial charge in [-0.3, -0.25) is 4.90 Å². The minimum atomic E-state index is -5.03. The minimum absolute atomic E-state index is 0.00331. The molecule has 0 saturated carbocycles. The van der Waals surface area contributed by atoms with Crippen LogP contribution in [0, 0.1) is 12.7 Å². The quantitative estimate of drug-likeness (QED) is 0.0868. The zero-order valence-electron chi connectivity index (χ0n) is 40.9. The van der Waals surface area contributed by atoms with E-state index in [2.05, 4.69) is 25.3 Å². The summed E-state index contributed by atoms with van der Waals surface area (Å²) in [7, 11) is 6.46. The van der Waals surface area contributed by atoms with Gasteiger partial charge in [-0.2, -0.15) is 23.1 Å². The summed E-state index contributed by atoms with van der Waals surface area (Å²) in [5.41, 5.74) is -0.123. The number of nitrogens with zero attached hydrogens (tertiary/aromatic N) is 8. The molecule has 9 rings (SSSR count). The predicted molar refractivity (Wildman–Crippen MR) is 268 cm³/mol. The van der Waals surface area contributed by atoms with Crippen LogP contribution in [0.2, 0.25) is 5.02 Å². The first-order chi connectivity index (χ1) is 35.1. The van der Waals surface area contributed by atoms with Crippen molar-refractivity contribution in [2.75, 3.05) is 69.8 Å². The van der Waals surface area contributed by atoms with Gasteiger partial charge in [0.15, 0.2) is 11.6 Å². The molecule has 4 aromatic carbocycles. The lowest BCUT2D eigenvalue weighted by Gasteiger charge is -2.30. The third kappa shape index (κ3) is 10.8. The summed E-state index contributed by atoms with van der Waals surface area (Å²) in [6.07, 6.45) is -2.86. The van der Waals surface area contributed by atoms with Crippen molar-refractivity contribution >= 4 is 40.0 Å². The Labute approximate surface area is 424 Å². The number of likely N-dealkylation sites (tertiary alicyclic amines) is 1. The number of hydrogen-bond donors (Lipinski definition) is 1. The fourth-order valence-corrected chi connectivity index (χ4v) is 9.65. The molecule has 1 fully saturated rings. The summed E-state index contributed by atoms with van der Waals surface area (Å²) in [5.74, 6) is 1.32. The van der Waals surface area contributed by atoms with E-state index >= 15 is 17.6 Å². The van der Waals surface area contributed by atoms with Crippen molar-refractivity contribution in [3.8, 4) is 40.3 Å². The normalized spacial score (nSPS) is 16.2. The second-order valence-electron chi connectivity index (χ2n) is 17.9. The first-order valence-electron chi connectivity index (χ1n) is 23.5. The maximum Gasteiger partial charge on any atom is 0.418 e. The number of aromatic nitrogens is 5. The lowest BCUT2D eigenvalue weighted by atomic mass is 9.98. The highest BCUT2D eigenvalue weighted by atomic mass is 35.5. The molecule has 0 radical (unpaired) electrons. The molecule has 3 aromatic heterocycles. The fourth-order valence-electron chi connectivity index (χ4n) is 9.32. The van der Waals surface area contributed by atoms with Crippen LogP contribution in [-0.4, -0.2) is 96.7 Å². The Bertz CT molecular complexity index is 3030. The van der Waals surface area contributed by atoms with Gasteiger partial charge in [-0.1, -0.05) is 48.0 Å². The van der Waals surface area contributed by atoms with E-state index < -0.39 is 51.6 Å². The lowest BCUT2D eigenvalue weighted by Crippen LogP contribution is -2.32. The number of methoxy groups -OCH3 is 3. The van der Waals surface area contributed by atoms with Gasteiger partial charge in [0, 0.05) is 44.0 Å². The zero-order valence-corrected chi connectivity index (χ0v) is 41.7. The number of hydrogen-bond acceptors (Lipinski definition) is 14. The van der Waals surface area contributed by atoms with Crippen molar-refractivity contribution in [1.82, 2.24) is 29.8 Å². The second kappa shape index (κ2) is 21.5. The molecule has 2 aliphatic rings. The Kier molecular flexibility index (Phi) is 14.9. The summed E-state index contributed by atoms with van der Waals surface area (Å²) in [4.78, 5) is 28.4. The fraction of sp³-hybridized carbons (Fsp3) is 0.340. The van der Waals surface area contributed by atoms with E-state index in [1.54, 1.807) is 63.7 Å². The highest BCUT2D eigenvalue weighted by Crippen LogP contribution is 2.51. The maximum absolute atomic E-state index is 18.2. The average molecular weight is 1030 g/mol. The Morgan fingerprint density at radius 2 is 1.51 bits per heavy atom. The van der Waals surface area contributed by atoms with E-state index in [0.717, 1.165) is 16.7 Å². The molecule has 2 aliphatic heterocycles. The summed E-state index contributed by atoms with van der Waals surface area (Å²) in [6.45, 7) is 4.15. The van der Waals surface area contributed by atoms with Crippen LogP contribution >= 0.6 is 11.6 Å². The minimum Gasteiger partial charge on any atom is -0.497 e. The lowest BCUT2D eigenvalue weighted by molar-refractivity contribution is -0.137. The summed E-state index contributed by atoms with van der Waals surface area (Å²) in [5, 5.41) is 2.93. The molecule has 382 valence electrons. The van der Waals surface area contributed by atoms with Gasteiger partial charge < -0.3 is 38.8 Å². The molecule has 1 N–H and O–H groups in total. The van der Waals surface area contributed by atoms with Crippen molar-refractivity contribution in [1.29, 1.82) is 0 Å². The molecule has 0 bridgehead atoms. The van der Waals surface area contributed by atoms with Crippen molar-refractivity contribution in [3.63, 3.8) is 0 Å². The summed E-state index contributed by atoms with van der Waals surface area (Å²) >= 11 is 7.24. The van der Waals surface area contributed by atoms with Crippen LogP contribution in [0.25, 0.3) is 22.2 Å².